The fraction of sp³-hybridized carbons (Fsp3) is 0.667. The van der Waals surface area contributed by atoms with Crippen molar-refractivity contribution < 1.29 is 38.1 Å². The summed E-state index contributed by atoms with van der Waals surface area (Å²) in [4.78, 5) is 37.8. The molecule has 0 radical (unpaired) electrons. The van der Waals surface area contributed by atoms with Crippen LogP contribution in [-0.2, 0) is 38.1 Å². The third kappa shape index (κ3) is 3.83. The second-order valence-corrected chi connectivity index (χ2v) is 11.0. The lowest BCUT2D eigenvalue weighted by molar-refractivity contribution is -0.233. The fourth-order valence-corrected chi connectivity index (χ4v) is 6.68. The normalized spacial score (nSPS) is 46.8. The zero-order valence-electron chi connectivity index (χ0n) is 21.1. The van der Waals surface area contributed by atoms with E-state index in [-0.39, 0.29) is 31.3 Å². The molecule has 2 N–H and O–H groups in total. The van der Waals surface area contributed by atoms with Crippen LogP contribution in [0.5, 0.6) is 0 Å². The van der Waals surface area contributed by atoms with E-state index in [0.717, 1.165) is 6.42 Å². The summed E-state index contributed by atoms with van der Waals surface area (Å²) in [6, 6.07) is -0.870. The third-order valence-corrected chi connectivity index (χ3v) is 9.23. The summed E-state index contributed by atoms with van der Waals surface area (Å²) >= 11 is 0. The molecule has 2 aliphatic carbocycles. The van der Waals surface area contributed by atoms with Gasteiger partial charge < -0.3 is 29.4 Å². The minimum atomic E-state index is -0.870. The third-order valence-electron chi connectivity index (χ3n) is 9.23. The number of rotatable bonds is 0. The molecule has 0 aromatic rings. The SMILES string of the molecule is CC1=CC2OC3C[C@H]4OC(=O)/C=C\C=C\C(=O)OCC[C@@H](C)[C@@H](N)C(=O)OC[C@@]2(CC1)[C@]4(C)[C@]31CO1. The van der Waals surface area contributed by atoms with E-state index >= 15 is 0 Å². The molecule has 1 saturated carbocycles. The predicted molar refractivity (Wildman–Crippen MR) is 127 cm³/mol. The van der Waals surface area contributed by atoms with Gasteiger partial charge in [-0.05, 0) is 32.1 Å². The van der Waals surface area contributed by atoms with Gasteiger partial charge in [0.1, 0.15) is 24.4 Å². The molecule has 0 amide bonds. The predicted octanol–water partition coefficient (Wildman–Crippen LogP) is 2.14. The average molecular weight is 502 g/mol. The molecular formula is C27H35NO8. The van der Waals surface area contributed by atoms with Gasteiger partial charge in [-0.15, -0.1) is 0 Å². The van der Waals surface area contributed by atoms with Gasteiger partial charge in [-0.3, -0.25) is 4.79 Å². The molecule has 2 unspecified atom stereocenters. The number of carbonyl (C=O) groups is 3. The number of hydrogen-bond donors (Lipinski definition) is 1. The first-order valence-corrected chi connectivity index (χ1v) is 12.7. The van der Waals surface area contributed by atoms with Crippen molar-refractivity contribution in [3.63, 3.8) is 0 Å². The van der Waals surface area contributed by atoms with Crippen molar-refractivity contribution in [3.05, 3.63) is 36.0 Å². The molecule has 8 atom stereocenters. The monoisotopic (exact) mass is 501 g/mol. The molecule has 0 aromatic carbocycles. The zero-order valence-corrected chi connectivity index (χ0v) is 21.1. The van der Waals surface area contributed by atoms with E-state index in [1.807, 2.05) is 6.92 Å². The van der Waals surface area contributed by atoms with E-state index in [4.69, 9.17) is 29.4 Å². The van der Waals surface area contributed by atoms with E-state index in [1.165, 1.54) is 29.9 Å². The van der Waals surface area contributed by atoms with Crippen molar-refractivity contribution in [1.29, 1.82) is 0 Å². The molecule has 36 heavy (non-hydrogen) atoms. The maximum atomic E-state index is 13.1. The highest BCUT2D eigenvalue weighted by atomic mass is 16.6. The van der Waals surface area contributed by atoms with Crippen molar-refractivity contribution in [1.82, 2.24) is 0 Å². The van der Waals surface area contributed by atoms with Crippen LogP contribution in [0.25, 0.3) is 0 Å². The van der Waals surface area contributed by atoms with Crippen molar-refractivity contribution in [2.75, 3.05) is 19.8 Å². The Hall–Kier alpha value is -2.49. The van der Waals surface area contributed by atoms with Gasteiger partial charge in [0.15, 0.2) is 0 Å². The minimum absolute atomic E-state index is 0.0800. The van der Waals surface area contributed by atoms with Gasteiger partial charge in [-0.1, -0.05) is 37.6 Å². The summed E-state index contributed by atoms with van der Waals surface area (Å²) in [6.45, 7) is 6.70. The van der Waals surface area contributed by atoms with Crippen LogP contribution < -0.4 is 5.73 Å². The van der Waals surface area contributed by atoms with Crippen molar-refractivity contribution >= 4 is 17.9 Å². The second kappa shape index (κ2) is 9.11. The van der Waals surface area contributed by atoms with Crippen LogP contribution >= 0.6 is 0 Å². The maximum absolute atomic E-state index is 13.1. The Morgan fingerprint density at radius 2 is 1.75 bits per heavy atom. The molecule has 2 spiro atoms. The highest BCUT2D eigenvalue weighted by molar-refractivity contribution is 5.84. The molecule has 3 aliphatic heterocycles. The van der Waals surface area contributed by atoms with Crippen molar-refractivity contribution in [3.8, 4) is 0 Å². The molecule has 5 rings (SSSR count). The van der Waals surface area contributed by atoms with Gasteiger partial charge >= 0.3 is 17.9 Å². The molecule has 3 heterocycles. The van der Waals surface area contributed by atoms with Crippen LogP contribution in [0.4, 0.5) is 0 Å². The molecular weight excluding hydrogens is 466 g/mol. The molecule has 0 aromatic heterocycles. The van der Waals surface area contributed by atoms with Gasteiger partial charge in [-0.25, -0.2) is 9.59 Å². The van der Waals surface area contributed by atoms with Crippen LogP contribution in [0.1, 0.15) is 46.5 Å². The van der Waals surface area contributed by atoms with Crippen molar-refractivity contribution in [2.45, 2.75) is 76.4 Å². The Kier molecular flexibility index (Phi) is 6.37. The summed E-state index contributed by atoms with van der Waals surface area (Å²) in [5.41, 5.74) is 5.57. The number of nitrogens with two attached hydrogens (primary N) is 1. The Morgan fingerprint density at radius 3 is 2.47 bits per heavy atom. The summed E-state index contributed by atoms with van der Waals surface area (Å²) in [6.07, 6.45) is 8.93. The maximum Gasteiger partial charge on any atom is 0.331 e. The number of allylic oxidation sites excluding steroid dienone is 3. The molecule has 9 heteroatoms. The van der Waals surface area contributed by atoms with Crippen LogP contribution in [0.2, 0.25) is 0 Å². The standard InChI is InChI=1S/C27H35NO8/c1-16-8-10-26-14-33-24(31)23(28)17(2)9-11-32-21(29)6-4-5-7-22(30)36-18-13-20(35-19(26)12-16)27(15-34-27)25(18,26)3/h4-7,12,17-20,23H,8-11,13-15,28H2,1-3H3/b6-4+,7-5-/t17-,18-,19?,20?,23-,25-,26-,27+/m1/s1. The van der Waals surface area contributed by atoms with Crippen LogP contribution in [0.15, 0.2) is 36.0 Å². The minimum Gasteiger partial charge on any atom is -0.464 e. The number of hydrogen-bond acceptors (Lipinski definition) is 9. The van der Waals surface area contributed by atoms with E-state index in [0.29, 0.717) is 25.9 Å². The van der Waals surface area contributed by atoms with Crippen LogP contribution in [0, 0.1) is 16.7 Å². The van der Waals surface area contributed by atoms with Gasteiger partial charge in [0.2, 0.25) is 0 Å². The highest BCUT2D eigenvalue weighted by Gasteiger charge is 2.83. The molecule has 196 valence electrons. The number of ether oxygens (including phenoxy) is 5. The summed E-state index contributed by atoms with van der Waals surface area (Å²) in [7, 11) is 0. The Balaban J connectivity index is 1.52. The lowest BCUT2D eigenvalue weighted by atomic mass is 9.51. The fourth-order valence-electron chi connectivity index (χ4n) is 6.68. The lowest BCUT2D eigenvalue weighted by Crippen LogP contribution is -2.67. The molecule has 2 bridgehead atoms. The highest BCUT2D eigenvalue weighted by Crippen LogP contribution is 2.72. The number of esters is 3. The van der Waals surface area contributed by atoms with Crippen molar-refractivity contribution in [2.24, 2.45) is 22.5 Å². The van der Waals surface area contributed by atoms with E-state index in [9.17, 15) is 14.4 Å². The molecule has 9 nitrogen and oxygen atoms in total. The van der Waals surface area contributed by atoms with Crippen LogP contribution in [0.3, 0.4) is 0 Å². The van der Waals surface area contributed by atoms with Crippen LogP contribution in [-0.4, -0.2) is 67.7 Å². The van der Waals surface area contributed by atoms with E-state index in [2.05, 4.69) is 19.9 Å². The largest absolute Gasteiger partial charge is 0.464 e. The summed E-state index contributed by atoms with van der Waals surface area (Å²) in [5.74, 6) is -1.84. The smallest absolute Gasteiger partial charge is 0.331 e. The second-order valence-electron chi connectivity index (χ2n) is 11.0. The number of cyclic esters (lactones) is 2. The lowest BCUT2D eigenvalue weighted by Gasteiger charge is -2.58. The van der Waals surface area contributed by atoms with E-state index < -0.39 is 46.5 Å². The molecule has 3 fully saturated rings. The summed E-state index contributed by atoms with van der Waals surface area (Å²) < 4.78 is 29.8. The Bertz CT molecular complexity index is 1030. The number of carbonyl (C=O) groups excluding carboxylic acids is 3. The Labute approximate surface area is 211 Å². The molecule has 5 aliphatic rings. The Morgan fingerprint density at radius 1 is 1.03 bits per heavy atom. The average Bonchev–Trinajstić information content (AvgIpc) is 3.62. The molecule has 2 saturated heterocycles. The van der Waals surface area contributed by atoms with Gasteiger partial charge in [0.05, 0.1) is 30.8 Å². The number of epoxide rings is 1. The first kappa shape index (κ1) is 25.2. The topological polar surface area (TPSA) is 127 Å². The first-order chi connectivity index (χ1) is 17.1. The van der Waals surface area contributed by atoms with Gasteiger partial charge in [-0.2, -0.15) is 0 Å². The van der Waals surface area contributed by atoms with E-state index in [1.54, 1.807) is 0 Å². The zero-order chi connectivity index (χ0) is 25.7. The quantitative estimate of drug-likeness (QED) is 0.230. The first-order valence-electron chi connectivity index (χ1n) is 12.7. The summed E-state index contributed by atoms with van der Waals surface area (Å²) in [5, 5.41) is 0. The van der Waals surface area contributed by atoms with Gasteiger partial charge in [0.25, 0.3) is 0 Å². The van der Waals surface area contributed by atoms with Gasteiger partial charge in [0, 0.05) is 24.0 Å².